The van der Waals surface area contributed by atoms with Crippen molar-refractivity contribution in [2.75, 3.05) is 5.32 Å². The topological polar surface area (TPSA) is 55.1 Å². The molecule has 100 valence electrons. The summed E-state index contributed by atoms with van der Waals surface area (Å²) in [5.41, 5.74) is 7.17. The maximum absolute atomic E-state index is 10.9. The molecule has 1 rings (SSSR count). The van der Waals surface area contributed by atoms with Gasteiger partial charge < -0.3 is 11.1 Å². The van der Waals surface area contributed by atoms with Gasteiger partial charge in [-0.25, -0.2) is 4.79 Å². The lowest BCUT2D eigenvalue weighted by atomic mass is 10.0. The Morgan fingerprint density at radius 3 is 2.50 bits per heavy atom. The molecular weight excluding hydrogens is 224 g/mol. The summed E-state index contributed by atoms with van der Waals surface area (Å²) in [7, 11) is 0. The molecule has 3 nitrogen and oxygen atoms in total. The number of amides is 2. The quantitative estimate of drug-likeness (QED) is 0.669. The Morgan fingerprint density at radius 2 is 1.78 bits per heavy atom. The van der Waals surface area contributed by atoms with E-state index in [1.54, 1.807) is 0 Å². The fraction of sp³-hybridized carbons (Fsp3) is 0.533. The van der Waals surface area contributed by atoms with Crippen LogP contribution in [-0.4, -0.2) is 6.03 Å². The number of benzene rings is 1. The van der Waals surface area contributed by atoms with Gasteiger partial charge in [0.25, 0.3) is 0 Å². The Kier molecular flexibility index (Phi) is 6.92. The summed E-state index contributed by atoms with van der Waals surface area (Å²) in [6, 6.07) is 7.37. The minimum Gasteiger partial charge on any atom is -0.351 e. The first-order valence-electron chi connectivity index (χ1n) is 6.88. The summed E-state index contributed by atoms with van der Waals surface area (Å²) in [5, 5.41) is 2.67. The van der Waals surface area contributed by atoms with Gasteiger partial charge in [-0.3, -0.25) is 0 Å². The Bertz CT molecular complexity index is 363. The van der Waals surface area contributed by atoms with Crippen LogP contribution in [0.25, 0.3) is 0 Å². The van der Waals surface area contributed by atoms with E-state index in [1.165, 1.54) is 44.1 Å². The van der Waals surface area contributed by atoms with Crippen LogP contribution in [0.3, 0.4) is 0 Å². The van der Waals surface area contributed by atoms with Crippen LogP contribution in [0.5, 0.6) is 0 Å². The molecule has 0 aliphatic rings. The Labute approximate surface area is 110 Å². The van der Waals surface area contributed by atoms with Gasteiger partial charge in [0.05, 0.1) is 0 Å². The van der Waals surface area contributed by atoms with Crippen molar-refractivity contribution in [3.63, 3.8) is 0 Å². The number of para-hydroxylation sites is 1. The van der Waals surface area contributed by atoms with Crippen molar-refractivity contribution in [3.05, 3.63) is 29.8 Å². The molecular formula is C15H24N2O. The predicted molar refractivity (Wildman–Crippen MR) is 76.7 cm³/mol. The van der Waals surface area contributed by atoms with E-state index in [4.69, 9.17) is 5.73 Å². The summed E-state index contributed by atoms with van der Waals surface area (Å²) < 4.78 is 0. The van der Waals surface area contributed by atoms with Crippen molar-refractivity contribution in [1.82, 2.24) is 0 Å². The maximum Gasteiger partial charge on any atom is 0.316 e. The van der Waals surface area contributed by atoms with Gasteiger partial charge in [-0.2, -0.15) is 0 Å². The number of carbonyl (C=O) groups excluding carboxylic acids is 1. The van der Waals surface area contributed by atoms with Crippen LogP contribution >= 0.6 is 0 Å². The number of aryl methyl sites for hydroxylation is 1. The van der Waals surface area contributed by atoms with Crippen molar-refractivity contribution in [3.8, 4) is 0 Å². The summed E-state index contributed by atoms with van der Waals surface area (Å²) in [5.74, 6) is 0. The third-order valence-electron chi connectivity index (χ3n) is 3.07. The smallest absolute Gasteiger partial charge is 0.316 e. The molecule has 1 aromatic carbocycles. The predicted octanol–water partition coefficient (Wildman–Crippen LogP) is 4.08. The van der Waals surface area contributed by atoms with Crippen LogP contribution < -0.4 is 11.1 Å². The van der Waals surface area contributed by atoms with E-state index < -0.39 is 6.03 Å². The largest absolute Gasteiger partial charge is 0.351 e. The van der Waals surface area contributed by atoms with E-state index in [0.717, 1.165) is 12.1 Å². The molecule has 0 aliphatic carbocycles. The zero-order valence-electron chi connectivity index (χ0n) is 11.2. The van der Waals surface area contributed by atoms with Crippen molar-refractivity contribution < 1.29 is 4.79 Å². The molecule has 3 heteroatoms. The van der Waals surface area contributed by atoms with E-state index in [-0.39, 0.29) is 0 Å². The minimum absolute atomic E-state index is 0.495. The van der Waals surface area contributed by atoms with Crippen LogP contribution in [0.2, 0.25) is 0 Å². The van der Waals surface area contributed by atoms with Crippen LogP contribution in [-0.2, 0) is 6.42 Å². The zero-order valence-corrected chi connectivity index (χ0v) is 11.2. The second-order valence-electron chi connectivity index (χ2n) is 4.66. The van der Waals surface area contributed by atoms with E-state index in [9.17, 15) is 4.79 Å². The summed E-state index contributed by atoms with van der Waals surface area (Å²) in [4.78, 5) is 10.9. The third kappa shape index (κ3) is 5.71. The van der Waals surface area contributed by atoms with Crippen molar-refractivity contribution >= 4 is 11.7 Å². The Morgan fingerprint density at radius 1 is 1.11 bits per heavy atom. The average molecular weight is 248 g/mol. The van der Waals surface area contributed by atoms with E-state index >= 15 is 0 Å². The lowest BCUT2D eigenvalue weighted by molar-refractivity contribution is 0.259. The number of nitrogens with two attached hydrogens (primary N) is 1. The second kappa shape index (κ2) is 8.56. The third-order valence-corrected chi connectivity index (χ3v) is 3.07. The molecule has 0 spiro atoms. The van der Waals surface area contributed by atoms with E-state index in [1.807, 2.05) is 18.2 Å². The number of anilines is 1. The molecule has 0 aliphatic heterocycles. The highest BCUT2D eigenvalue weighted by Gasteiger charge is 2.03. The van der Waals surface area contributed by atoms with Crippen molar-refractivity contribution in [1.29, 1.82) is 0 Å². The average Bonchev–Trinajstić information content (AvgIpc) is 2.35. The SMILES string of the molecule is CCCCCCCCc1ccccc1NC(N)=O. The highest BCUT2D eigenvalue weighted by Crippen LogP contribution is 2.18. The van der Waals surface area contributed by atoms with Gasteiger partial charge in [-0.15, -0.1) is 0 Å². The molecule has 0 unspecified atom stereocenters. The molecule has 1 aromatic rings. The molecule has 3 N–H and O–H groups in total. The molecule has 0 radical (unpaired) electrons. The first kappa shape index (κ1) is 14.6. The maximum atomic E-state index is 10.9. The first-order valence-corrected chi connectivity index (χ1v) is 6.88. The number of hydrogen-bond acceptors (Lipinski definition) is 1. The number of rotatable bonds is 8. The molecule has 0 atom stereocenters. The standard InChI is InChI=1S/C15H24N2O/c1-2-3-4-5-6-7-10-13-11-8-9-12-14(13)17-15(16)18/h8-9,11-12H,2-7,10H2,1H3,(H3,16,17,18). The van der Waals surface area contributed by atoms with Gasteiger partial charge >= 0.3 is 6.03 Å². The molecule has 18 heavy (non-hydrogen) atoms. The molecule has 0 saturated carbocycles. The van der Waals surface area contributed by atoms with Gasteiger partial charge in [0.1, 0.15) is 0 Å². The highest BCUT2D eigenvalue weighted by atomic mass is 16.2. The molecule has 0 heterocycles. The minimum atomic E-state index is -0.495. The van der Waals surface area contributed by atoms with Crippen LogP contribution in [0.4, 0.5) is 10.5 Å². The molecule has 0 aromatic heterocycles. The van der Waals surface area contributed by atoms with E-state index in [2.05, 4.69) is 18.3 Å². The van der Waals surface area contributed by atoms with Gasteiger partial charge in [0.15, 0.2) is 0 Å². The second-order valence-corrected chi connectivity index (χ2v) is 4.66. The van der Waals surface area contributed by atoms with Crippen LogP contribution in [0, 0.1) is 0 Å². The lowest BCUT2D eigenvalue weighted by Crippen LogP contribution is -2.20. The van der Waals surface area contributed by atoms with Gasteiger partial charge in [0, 0.05) is 5.69 Å². The first-order chi connectivity index (χ1) is 8.74. The zero-order chi connectivity index (χ0) is 13.2. The molecule has 0 saturated heterocycles. The number of hydrogen-bond donors (Lipinski definition) is 2. The molecule has 2 amide bonds. The van der Waals surface area contributed by atoms with Gasteiger partial charge in [0.2, 0.25) is 0 Å². The fourth-order valence-electron chi connectivity index (χ4n) is 2.09. The highest BCUT2D eigenvalue weighted by molar-refractivity contribution is 5.88. The number of primary amides is 1. The Balaban J connectivity index is 2.34. The van der Waals surface area contributed by atoms with E-state index in [0.29, 0.717) is 0 Å². The number of unbranched alkanes of at least 4 members (excludes halogenated alkanes) is 5. The summed E-state index contributed by atoms with van der Waals surface area (Å²) >= 11 is 0. The van der Waals surface area contributed by atoms with Crippen molar-refractivity contribution in [2.24, 2.45) is 5.73 Å². The number of carbonyl (C=O) groups is 1. The number of urea groups is 1. The van der Waals surface area contributed by atoms with Crippen LogP contribution in [0.1, 0.15) is 51.0 Å². The molecule has 0 bridgehead atoms. The molecule has 0 fully saturated rings. The number of nitrogens with one attached hydrogen (secondary N) is 1. The Hall–Kier alpha value is -1.51. The monoisotopic (exact) mass is 248 g/mol. The van der Waals surface area contributed by atoms with Gasteiger partial charge in [-0.1, -0.05) is 57.2 Å². The van der Waals surface area contributed by atoms with Crippen molar-refractivity contribution in [2.45, 2.75) is 51.9 Å². The van der Waals surface area contributed by atoms with Gasteiger partial charge in [-0.05, 0) is 24.5 Å². The lowest BCUT2D eigenvalue weighted by Gasteiger charge is -2.09. The summed E-state index contributed by atoms with van der Waals surface area (Å²) in [6.45, 7) is 2.23. The normalized spacial score (nSPS) is 10.3. The fourth-order valence-corrected chi connectivity index (χ4v) is 2.09. The summed E-state index contributed by atoms with van der Waals surface area (Å²) in [6.07, 6.45) is 8.68. The van der Waals surface area contributed by atoms with Crippen LogP contribution in [0.15, 0.2) is 24.3 Å².